The lowest BCUT2D eigenvalue weighted by atomic mass is 10.1. The fourth-order valence-electron chi connectivity index (χ4n) is 1.66. The highest BCUT2D eigenvalue weighted by atomic mass is 19.1. The molecule has 1 heterocycles. The Morgan fingerprint density at radius 2 is 2.15 bits per heavy atom. The lowest BCUT2D eigenvalue weighted by molar-refractivity contribution is 0.0820. The Morgan fingerprint density at radius 3 is 2.70 bits per heavy atom. The minimum Gasteiger partial charge on any atom is -0.375 e. The van der Waals surface area contributed by atoms with Crippen LogP contribution in [0.5, 0.6) is 0 Å². The minimum absolute atomic E-state index is 0.107. The normalized spacial score (nSPS) is 12.1. The summed E-state index contributed by atoms with van der Waals surface area (Å²) < 4.78 is 18.1. The van der Waals surface area contributed by atoms with E-state index in [0.717, 1.165) is 5.56 Å². The Hall–Kier alpha value is -2.48. The van der Waals surface area contributed by atoms with Gasteiger partial charge in [0, 0.05) is 13.7 Å². The van der Waals surface area contributed by atoms with Gasteiger partial charge in [-0.3, -0.25) is 9.78 Å². The molecule has 0 radical (unpaired) electrons. The van der Waals surface area contributed by atoms with E-state index in [1.165, 1.54) is 19.2 Å². The lowest BCUT2D eigenvalue weighted by Gasteiger charge is -2.16. The molecule has 0 unspecified atom stereocenters. The van der Waals surface area contributed by atoms with Gasteiger partial charge in [-0.15, -0.1) is 5.10 Å². The van der Waals surface area contributed by atoms with Crippen LogP contribution in [0.2, 0.25) is 0 Å². The molecule has 1 atom stereocenters. The third-order valence-corrected chi connectivity index (χ3v) is 2.69. The Labute approximate surface area is 113 Å². The Balaban J connectivity index is 1.99. The average Bonchev–Trinajstić information content (AvgIpc) is 2.88. The summed E-state index contributed by atoms with van der Waals surface area (Å²) in [6.45, 7) is 0.163. The summed E-state index contributed by atoms with van der Waals surface area (Å²) in [5.74, 6) is -0.988. The smallest absolute Gasteiger partial charge is 0.341 e. The summed E-state index contributed by atoms with van der Waals surface area (Å²) in [6, 6.07) is 5.78. The monoisotopic (exact) mass is 280 g/mol. The molecule has 7 nitrogen and oxygen atoms in total. The number of nitrogens with one attached hydrogen (secondary N) is 3. The van der Waals surface area contributed by atoms with Crippen LogP contribution in [0.4, 0.5) is 4.39 Å². The zero-order valence-corrected chi connectivity index (χ0v) is 10.6. The number of ether oxygens (including phenoxy) is 1. The van der Waals surface area contributed by atoms with Crippen LogP contribution >= 0.6 is 0 Å². The first-order valence-corrected chi connectivity index (χ1v) is 5.81. The molecule has 0 saturated heterocycles. The van der Waals surface area contributed by atoms with Gasteiger partial charge in [0.05, 0.1) is 6.10 Å². The molecule has 0 aliphatic heterocycles. The van der Waals surface area contributed by atoms with Gasteiger partial charge >= 0.3 is 5.69 Å². The van der Waals surface area contributed by atoms with Crippen LogP contribution in [0, 0.1) is 5.82 Å². The van der Waals surface area contributed by atoms with Gasteiger partial charge in [0.1, 0.15) is 5.82 Å². The van der Waals surface area contributed by atoms with E-state index in [1.807, 2.05) is 0 Å². The minimum atomic E-state index is -0.558. The molecular formula is C12H13FN4O3. The molecule has 0 fully saturated rings. The van der Waals surface area contributed by atoms with E-state index < -0.39 is 17.7 Å². The fourth-order valence-corrected chi connectivity index (χ4v) is 1.66. The van der Waals surface area contributed by atoms with Crippen LogP contribution in [-0.4, -0.2) is 34.7 Å². The lowest BCUT2D eigenvalue weighted by Crippen LogP contribution is -2.30. The number of hydrogen-bond acceptors (Lipinski definition) is 4. The molecular weight excluding hydrogens is 267 g/mol. The van der Waals surface area contributed by atoms with E-state index >= 15 is 0 Å². The van der Waals surface area contributed by atoms with E-state index in [0.29, 0.717) is 0 Å². The second-order valence-corrected chi connectivity index (χ2v) is 4.01. The van der Waals surface area contributed by atoms with Gasteiger partial charge in [-0.2, -0.15) is 0 Å². The maximum Gasteiger partial charge on any atom is 0.341 e. The van der Waals surface area contributed by atoms with Crippen LogP contribution in [0.15, 0.2) is 29.1 Å². The molecule has 3 N–H and O–H groups in total. The van der Waals surface area contributed by atoms with Gasteiger partial charge < -0.3 is 10.1 Å². The molecule has 2 rings (SSSR count). The number of H-pyrrole nitrogens is 2. The number of carbonyl (C=O) groups is 1. The van der Waals surface area contributed by atoms with Crippen molar-refractivity contribution in [3.63, 3.8) is 0 Å². The largest absolute Gasteiger partial charge is 0.375 e. The maximum absolute atomic E-state index is 12.8. The van der Waals surface area contributed by atoms with Crippen LogP contribution in [0.3, 0.4) is 0 Å². The van der Waals surface area contributed by atoms with Crippen molar-refractivity contribution in [2.75, 3.05) is 13.7 Å². The first-order valence-electron chi connectivity index (χ1n) is 5.81. The van der Waals surface area contributed by atoms with E-state index in [2.05, 4.69) is 20.5 Å². The summed E-state index contributed by atoms with van der Waals surface area (Å²) in [5.41, 5.74) is 0.168. The van der Waals surface area contributed by atoms with Crippen molar-refractivity contribution in [1.29, 1.82) is 0 Å². The SMILES string of the molecule is CO[C@@H](CNC(=O)c1n[nH]c(=O)[nH]1)c1ccc(F)cc1. The number of nitrogens with zero attached hydrogens (tertiary/aromatic N) is 1. The van der Waals surface area contributed by atoms with Gasteiger partial charge in [-0.1, -0.05) is 12.1 Å². The Morgan fingerprint density at radius 1 is 1.45 bits per heavy atom. The number of carbonyl (C=O) groups excluding carboxylic acids is 1. The number of rotatable bonds is 5. The standard InChI is InChI=1S/C12H13FN4O3/c1-20-9(7-2-4-8(13)5-3-7)6-14-11(18)10-15-12(19)17-16-10/h2-5,9H,6H2,1H3,(H,14,18)(H2,15,16,17,19)/t9-/m0/s1. The third-order valence-electron chi connectivity index (χ3n) is 2.69. The van der Waals surface area contributed by atoms with Crippen molar-refractivity contribution in [2.45, 2.75) is 6.10 Å². The summed E-state index contributed by atoms with van der Waals surface area (Å²) in [5, 5.41) is 8.17. The van der Waals surface area contributed by atoms with Crippen LogP contribution < -0.4 is 11.0 Å². The summed E-state index contributed by atoms with van der Waals surface area (Å²) in [7, 11) is 1.48. The van der Waals surface area contributed by atoms with E-state index in [4.69, 9.17) is 4.74 Å². The maximum atomic E-state index is 12.8. The molecule has 2 aromatic rings. The Bertz CT molecular complexity index is 635. The molecule has 0 bridgehead atoms. The molecule has 0 spiro atoms. The van der Waals surface area contributed by atoms with Gasteiger partial charge in [-0.25, -0.2) is 14.3 Å². The highest BCUT2D eigenvalue weighted by Crippen LogP contribution is 2.16. The average molecular weight is 280 g/mol. The number of methoxy groups -OCH3 is 1. The molecule has 0 saturated carbocycles. The molecule has 1 aromatic carbocycles. The summed E-state index contributed by atoms with van der Waals surface area (Å²) in [4.78, 5) is 24.8. The van der Waals surface area contributed by atoms with E-state index in [-0.39, 0.29) is 18.2 Å². The van der Waals surface area contributed by atoms with Crippen molar-refractivity contribution in [3.8, 4) is 0 Å². The van der Waals surface area contributed by atoms with Crippen LogP contribution in [0.25, 0.3) is 0 Å². The van der Waals surface area contributed by atoms with Crippen molar-refractivity contribution >= 4 is 5.91 Å². The third kappa shape index (κ3) is 3.29. The van der Waals surface area contributed by atoms with Crippen molar-refractivity contribution < 1.29 is 13.9 Å². The topological polar surface area (TPSA) is 99.9 Å². The van der Waals surface area contributed by atoms with Gasteiger partial charge in [0.2, 0.25) is 5.82 Å². The predicted octanol–water partition coefficient (Wildman–Crippen LogP) is 0.355. The molecule has 0 aliphatic carbocycles. The molecule has 1 aromatic heterocycles. The van der Waals surface area contributed by atoms with Gasteiger partial charge in [0.25, 0.3) is 5.91 Å². The molecule has 0 aliphatic rings. The van der Waals surface area contributed by atoms with E-state index in [1.54, 1.807) is 12.1 Å². The first-order chi connectivity index (χ1) is 9.60. The zero-order valence-electron chi connectivity index (χ0n) is 10.6. The van der Waals surface area contributed by atoms with Crippen LogP contribution in [0.1, 0.15) is 22.3 Å². The molecule has 106 valence electrons. The quantitative estimate of drug-likeness (QED) is 0.736. The first kappa shape index (κ1) is 13.9. The summed E-state index contributed by atoms with van der Waals surface area (Å²) in [6.07, 6.45) is -0.426. The Kier molecular flexibility index (Phi) is 4.26. The molecule has 8 heteroatoms. The fraction of sp³-hybridized carbons (Fsp3) is 0.250. The number of amides is 1. The number of halogens is 1. The number of benzene rings is 1. The van der Waals surface area contributed by atoms with Crippen molar-refractivity contribution in [2.24, 2.45) is 0 Å². The highest BCUT2D eigenvalue weighted by molar-refractivity contribution is 5.90. The molecule has 1 amide bonds. The molecule has 20 heavy (non-hydrogen) atoms. The predicted molar refractivity (Wildman–Crippen MR) is 67.7 cm³/mol. The van der Waals surface area contributed by atoms with Crippen molar-refractivity contribution in [3.05, 3.63) is 52.0 Å². The number of hydrogen-bond donors (Lipinski definition) is 3. The van der Waals surface area contributed by atoms with Gasteiger partial charge in [-0.05, 0) is 17.7 Å². The highest BCUT2D eigenvalue weighted by Gasteiger charge is 2.15. The zero-order chi connectivity index (χ0) is 14.5. The number of aromatic amines is 2. The number of aromatic nitrogens is 3. The summed E-state index contributed by atoms with van der Waals surface area (Å²) >= 11 is 0. The van der Waals surface area contributed by atoms with Crippen LogP contribution in [-0.2, 0) is 4.74 Å². The second-order valence-electron chi connectivity index (χ2n) is 4.01. The van der Waals surface area contributed by atoms with Gasteiger partial charge in [0.15, 0.2) is 0 Å². The van der Waals surface area contributed by atoms with E-state index in [9.17, 15) is 14.0 Å². The van der Waals surface area contributed by atoms with Crippen molar-refractivity contribution in [1.82, 2.24) is 20.5 Å². The second kappa shape index (κ2) is 6.11.